The van der Waals surface area contributed by atoms with Gasteiger partial charge >= 0.3 is 0 Å². The molecule has 0 saturated carbocycles. The highest BCUT2D eigenvalue weighted by Crippen LogP contribution is 2.34. The molecule has 3 aromatic rings. The minimum atomic E-state index is -0.443. The lowest BCUT2D eigenvalue weighted by Gasteiger charge is -2.23. The van der Waals surface area contributed by atoms with E-state index in [9.17, 15) is 9.90 Å². The van der Waals surface area contributed by atoms with Gasteiger partial charge in [0.1, 0.15) is 11.8 Å². The molecule has 29 heavy (non-hydrogen) atoms. The summed E-state index contributed by atoms with van der Waals surface area (Å²) in [6.07, 6.45) is 6.27. The van der Waals surface area contributed by atoms with Crippen LogP contribution >= 0.6 is 0 Å². The number of anilines is 1. The summed E-state index contributed by atoms with van der Waals surface area (Å²) in [4.78, 5) is 26.2. The Labute approximate surface area is 171 Å². The zero-order chi connectivity index (χ0) is 20.6. The molecule has 1 aliphatic rings. The molecule has 1 fully saturated rings. The smallest absolute Gasteiger partial charge is 0.156 e. The third kappa shape index (κ3) is 3.90. The van der Waals surface area contributed by atoms with E-state index in [2.05, 4.69) is 33.9 Å². The monoisotopic (exact) mass is 392 g/mol. The molecule has 0 radical (unpaired) electrons. The number of hydrogen-bond donors (Lipinski definition) is 2. The number of carbonyl (C=O) groups is 1. The molecule has 0 bridgehead atoms. The molecule has 0 spiro atoms. The number of aldehydes is 1. The van der Waals surface area contributed by atoms with Crippen molar-refractivity contribution >= 4 is 23.1 Å². The van der Waals surface area contributed by atoms with Crippen molar-refractivity contribution in [3.05, 3.63) is 42.2 Å². The number of H-pyrrole nitrogens is 1. The van der Waals surface area contributed by atoms with Gasteiger partial charge in [0.15, 0.2) is 5.65 Å². The van der Waals surface area contributed by atoms with Gasteiger partial charge in [-0.05, 0) is 30.5 Å². The Kier molecular flexibility index (Phi) is 4.90. The lowest BCUT2D eigenvalue weighted by atomic mass is 9.88. The van der Waals surface area contributed by atoms with Gasteiger partial charge in [-0.25, -0.2) is 9.97 Å². The van der Waals surface area contributed by atoms with Gasteiger partial charge in [-0.3, -0.25) is 0 Å². The maximum atomic E-state index is 11.3. The third-order valence-electron chi connectivity index (χ3n) is 5.87. The predicted octanol–water partition coefficient (Wildman–Crippen LogP) is 3.60. The highest BCUT2D eigenvalue weighted by atomic mass is 16.3. The van der Waals surface area contributed by atoms with Crippen molar-refractivity contribution < 1.29 is 9.90 Å². The molecule has 1 unspecified atom stereocenters. The quantitative estimate of drug-likeness (QED) is 0.627. The van der Waals surface area contributed by atoms with Crippen molar-refractivity contribution in [3.8, 4) is 11.3 Å². The van der Waals surface area contributed by atoms with E-state index in [1.165, 1.54) is 0 Å². The zero-order valence-corrected chi connectivity index (χ0v) is 17.3. The van der Waals surface area contributed by atoms with Gasteiger partial charge < -0.3 is 19.8 Å². The fourth-order valence-electron chi connectivity index (χ4n) is 3.98. The van der Waals surface area contributed by atoms with E-state index in [4.69, 9.17) is 4.98 Å². The largest absolute Gasteiger partial charge is 0.396 e. The van der Waals surface area contributed by atoms with Crippen molar-refractivity contribution in [2.24, 2.45) is 10.8 Å². The summed E-state index contributed by atoms with van der Waals surface area (Å²) < 4.78 is 0. The Bertz CT molecular complexity index is 1040. The first-order chi connectivity index (χ1) is 13.8. The standard InChI is InChI=1S/C23H28N4O2/c1-22(2,14-28)10-17-11-24-21-20(17)26-19(12-25-21)16-5-4-6-18(9-16)27-8-7-23(3,13-27)15-29/h4-6,9,11-12,14,29H,7-8,10,13,15H2,1-3H3,(H,24,25). The lowest BCUT2D eigenvalue weighted by Crippen LogP contribution is -2.27. The molecule has 3 heterocycles. The number of hydrogen-bond acceptors (Lipinski definition) is 5. The topological polar surface area (TPSA) is 82.1 Å². The molecule has 4 rings (SSSR count). The van der Waals surface area contributed by atoms with Gasteiger partial charge in [-0.1, -0.05) is 32.9 Å². The number of aliphatic hydroxyl groups excluding tert-OH is 1. The first-order valence-corrected chi connectivity index (χ1v) is 10.1. The van der Waals surface area contributed by atoms with Crippen LogP contribution < -0.4 is 4.90 Å². The first-order valence-electron chi connectivity index (χ1n) is 10.1. The van der Waals surface area contributed by atoms with Crippen LogP contribution in [0.3, 0.4) is 0 Å². The Morgan fingerprint density at radius 3 is 2.93 bits per heavy atom. The van der Waals surface area contributed by atoms with Crippen LogP contribution in [0.5, 0.6) is 0 Å². The van der Waals surface area contributed by atoms with Crippen LogP contribution in [-0.2, 0) is 11.2 Å². The fraction of sp³-hybridized carbons (Fsp3) is 0.435. The first kappa shape index (κ1) is 19.6. The normalized spacial score (nSPS) is 19.8. The SMILES string of the molecule is CC(C)(C=O)Cc1c[nH]c2ncc(-c3cccc(N4CCC(C)(CO)C4)c3)nc12. The van der Waals surface area contributed by atoms with E-state index < -0.39 is 5.41 Å². The molecular formula is C23H28N4O2. The molecule has 2 aromatic heterocycles. The molecule has 6 nitrogen and oxygen atoms in total. The number of aromatic amines is 1. The van der Waals surface area contributed by atoms with E-state index in [0.717, 1.165) is 59.5 Å². The average molecular weight is 393 g/mol. The minimum Gasteiger partial charge on any atom is -0.396 e. The molecule has 0 amide bonds. The van der Waals surface area contributed by atoms with Crippen LogP contribution in [0, 0.1) is 10.8 Å². The maximum Gasteiger partial charge on any atom is 0.156 e. The average Bonchev–Trinajstić information content (AvgIpc) is 3.32. The molecule has 1 aromatic carbocycles. The number of carbonyl (C=O) groups excluding carboxylic acids is 1. The van der Waals surface area contributed by atoms with Gasteiger partial charge in [0, 0.05) is 41.4 Å². The molecule has 1 aliphatic heterocycles. The van der Waals surface area contributed by atoms with E-state index in [1.54, 1.807) is 6.20 Å². The highest BCUT2D eigenvalue weighted by Gasteiger charge is 2.33. The third-order valence-corrected chi connectivity index (χ3v) is 5.87. The molecule has 152 valence electrons. The number of nitrogens with one attached hydrogen (secondary N) is 1. The Balaban J connectivity index is 1.66. The second-order valence-corrected chi connectivity index (χ2v) is 9.24. The molecular weight excluding hydrogens is 364 g/mol. The number of fused-ring (bicyclic) bond motifs is 1. The molecule has 6 heteroatoms. The number of rotatable bonds is 6. The molecule has 1 saturated heterocycles. The summed E-state index contributed by atoms with van der Waals surface area (Å²) in [6, 6.07) is 8.33. The van der Waals surface area contributed by atoms with Crippen LogP contribution in [-0.4, -0.2) is 46.0 Å². The molecule has 0 aliphatic carbocycles. The summed E-state index contributed by atoms with van der Waals surface area (Å²) in [6.45, 7) is 7.98. The summed E-state index contributed by atoms with van der Waals surface area (Å²) in [5.41, 5.74) is 5.03. The Hall–Kier alpha value is -2.73. The number of nitrogens with zero attached hydrogens (tertiary/aromatic N) is 3. The minimum absolute atomic E-state index is 0.0415. The maximum absolute atomic E-state index is 11.3. The second kappa shape index (κ2) is 7.26. The van der Waals surface area contributed by atoms with Gasteiger partial charge in [-0.15, -0.1) is 0 Å². The van der Waals surface area contributed by atoms with Gasteiger partial charge in [0.05, 0.1) is 18.5 Å². The summed E-state index contributed by atoms with van der Waals surface area (Å²) in [5, 5.41) is 9.66. The molecule has 1 atom stereocenters. The summed E-state index contributed by atoms with van der Waals surface area (Å²) in [5.74, 6) is 0. The van der Waals surface area contributed by atoms with Crippen LogP contribution in [0.25, 0.3) is 22.4 Å². The summed E-state index contributed by atoms with van der Waals surface area (Å²) in [7, 11) is 0. The van der Waals surface area contributed by atoms with Crippen molar-refractivity contribution in [3.63, 3.8) is 0 Å². The Morgan fingerprint density at radius 1 is 1.38 bits per heavy atom. The van der Waals surface area contributed by atoms with E-state index in [0.29, 0.717) is 6.42 Å². The fourth-order valence-corrected chi connectivity index (χ4v) is 3.98. The second-order valence-electron chi connectivity index (χ2n) is 9.24. The van der Waals surface area contributed by atoms with Crippen LogP contribution in [0.4, 0.5) is 5.69 Å². The van der Waals surface area contributed by atoms with Gasteiger partial charge in [-0.2, -0.15) is 0 Å². The number of benzene rings is 1. The zero-order valence-electron chi connectivity index (χ0n) is 17.3. The van der Waals surface area contributed by atoms with Crippen LogP contribution in [0.2, 0.25) is 0 Å². The molecule has 2 N–H and O–H groups in total. The number of aromatic nitrogens is 3. The van der Waals surface area contributed by atoms with Crippen molar-refractivity contribution in [2.45, 2.75) is 33.6 Å². The number of aliphatic hydroxyl groups is 1. The van der Waals surface area contributed by atoms with Crippen LogP contribution in [0.1, 0.15) is 32.8 Å². The highest BCUT2D eigenvalue weighted by molar-refractivity contribution is 5.79. The van der Waals surface area contributed by atoms with Gasteiger partial charge in [0.2, 0.25) is 0 Å². The van der Waals surface area contributed by atoms with Crippen molar-refractivity contribution in [1.29, 1.82) is 0 Å². The van der Waals surface area contributed by atoms with E-state index >= 15 is 0 Å². The predicted molar refractivity (Wildman–Crippen MR) is 115 cm³/mol. The van der Waals surface area contributed by atoms with Gasteiger partial charge in [0.25, 0.3) is 0 Å². The van der Waals surface area contributed by atoms with Crippen LogP contribution in [0.15, 0.2) is 36.7 Å². The van der Waals surface area contributed by atoms with Crippen molar-refractivity contribution in [2.75, 3.05) is 24.6 Å². The lowest BCUT2D eigenvalue weighted by molar-refractivity contribution is -0.114. The summed E-state index contributed by atoms with van der Waals surface area (Å²) >= 11 is 0. The van der Waals surface area contributed by atoms with Crippen molar-refractivity contribution in [1.82, 2.24) is 15.0 Å². The Morgan fingerprint density at radius 2 is 2.21 bits per heavy atom. The van der Waals surface area contributed by atoms with E-state index in [-0.39, 0.29) is 12.0 Å². The van der Waals surface area contributed by atoms with E-state index in [1.807, 2.05) is 32.2 Å².